The number of nitrogens with one attached hydrogen (secondary N) is 2. The summed E-state index contributed by atoms with van der Waals surface area (Å²) in [6, 6.07) is 7.37. The summed E-state index contributed by atoms with van der Waals surface area (Å²) in [4.78, 5) is 22.9. The number of carbonyl (C=O) groups is 2. The standard InChI is InChI=1S/C15H23N3O2/c1-10(2)14(8-16)15(20)17-9-12-4-6-13(7-5-12)18-11(3)19/h4-7,10,14H,8-9,16H2,1-3H3,(H,17,20)(H,18,19). The second-order valence-corrected chi connectivity index (χ2v) is 5.18. The topological polar surface area (TPSA) is 84.2 Å². The van der Waals surface area contributed by atoms with E-state index in [0.717, 1.165) is 11.3 Å². The molecule has 5 nitrogen and oxygen atoms in total. The van der Waals surface area contributed by atoms with E-state index in [1.54, 1.807) is 0 Å². The molecule has 0 saturated carbocycles. The van der Waals surface area contributed by atoms with Crippen molar-refractivity contribution < 1.29 is 9.59 Å². The summed E-state index contributed by atoms with van der Waals surface area (Å²) >= 11 is 0. The van der Waals surface area contributed by atoms with Gasteiger partial charge in [-0.25, -0.2) is 0 Å². The van der Waals surface area contributed by atoms with E-state index < -0.39 is 0 Å². The summed E-state index contributed by atoms with van der Waals surface area (Å²) in [7, 11) is 0. The van der Waals surface area contributed by atoms with Gasteiger partial charge in [0.15, 0.2) is 0 Å². The van der Waals surface area contributed by atoms with Gasteiger partial charge in [-0.05, 0) is 23.6 Å². The maximum atomic E-state index is 12.0. The van der Waals surface area contributed by atoms with Crippen molar-refractivity contribution in [2.75, 3.05) is 11.9 Å². The third-order valence-electron chi connectivity index (χ3n) is 3.14. The lowest BCUT2D eigenvalue weighted by Crippen LogP contribution is -2.37. The molecule has 0 aliphatic heterocycles. The van der Waals surface area contributed by atoms with Crippen LogP contribution in [0.25, 0.3) is 0 Å². The van der Waals surface area contributed by atoms with Gasteiger partial charge in [0.2, 0.25) is 11.8 Å². The molecule has 20 heavy (non-hydrogen) atoms. The number of hydrogen-bond acceptors (Lipinski definition) is 3. The number of carbonyl (C=O) groups excluding carboxylic acids is 2. The molecule has 0 heterocycles. The van der Waals surface area contributed by atoms with Crippen LogP contribution in [0.1, 0.15) is 26.3 Å². The molecule has 1 aromatic carbocycles. The summed E-state index contributed by atoms with van der Waals surface area (Å²) in [6.07, 6.45) is 0. The van der Waals surface area contributed by atoms with Crippen LogP contribution in [0.3, 0.4) is 0 Å². The third kappa shape index (κ3) is 5.01. The van der Waals surface area contributed by atoms with Crippen LogP contribution in [0, 0.1) is 11.8 Å². The zero-order valence-corrected chi connectivity index (χ0v) is 12.3. The normalized spacial score (nSPS) is 12.1. The van der Waals surface area contributed by atoms with Crippen molar-refractivity contribution in [1.29, 1.82) is 0 Å². The summed E-state index contributed by atoms with van der Waals surface area (Å²) in [5.74, 6) is -0.0574. The molecule has 0 aromatic heterocycles. The van der Waals surface area contributed by atoms with Crippen LogP contribution in [0.5, 0.6) is 0 Å². The molecule has 0 aliphatic carbocycles. The van der Waals surface area contributed by atoms with Gasteiger partial charge in [0.25, 0.3) is 0 Å². The average Bonchev–Trinajstić information content (AvgIpc) is 2.37. The Balaban J connectivity index is 2.53. The first-order valence-corrected chi connectivity index (χ1v) is 6.78. The minimum Gasteiger partial charge on any atom is -0.352 e. The SMILES string of the molecule is CC(=O)Nc1ccc(CNC(=O)C(CN)C(C)C)cc1. The molecule has 2 amide bonds. The van der Waals surface area contributed by atoms with Gasteiger partial charge in [-0.2, -0.15) is 0 Å². The Morgan fingerprint density at radius 3 is 2.25 bits per heavy atom. The molecule has 110 valence electrons. The predicted molar refractivity (Wildman–Crippen MR) is 80.0 cm³/mol. The van der Waals surface area contributed by atoms with E-state index in [2.05, 4.69) is 10.6 Å². The molecule has 1 aromatic rings. The fourth-order valence-corrected chi connectivity index (χ4v) is 1.91. The molecule has 0 aliphatic rings. The van der Waals surface area contributed by atoms with E-state index >= 15 is 0 Å². The lowest BCUT2D eigenvalue weighted by atomic mass is 9.95. The zero-order chi connectivity index (χ0) is 15.1. The molecule has 1 rings (SSSR count). The summed E-state index contributed by atoms with van der Waals surface area (Å²) in [6.45, 7) is 6.25. The highest BCUT2D eigenvalue weighted by Gasteiger charge is 2.19. The number of anilines is 1. The Labute approximate surface area is 119 Å². The van der Waals surface area contributed by atoms with Gasteiger partial charge >= 0.3 is 0 Å². The van der Waals surface area contributed by atoms with Crippen molar-refractivity contribution in [2.24, 2.45) is 17.6 Å². The van der Waals surface area contributed by atoms with Crippen molar-refractivity contribution in [3.05, 3.63) is 29.8 Å². The maximum Gasteiger partial charge on any atom is 0.224 e. The largest absolute Gasteiger partial charge is 0.352 e. The molecule has 0 bridgehead atoms. The number of benzene rings is 1. The number of nitrogens with two attached hydrogens (primary N) is 1. The first kappa shape index (κ1) is 16.2. The highest BCUT2D eigenvalue weighted by molar-refractivity contribution is 5.88. The predicted octanol–water partition coefficient (Wildman–Crippen LogP) is 1.49. The summed E-state index contributed by atoms with van der Waals surface area (Å²) < 4.78 is 0. The van der Waals surface area contributed by atoms with Crippen LogP contribution >= 0.6 is 0 Å². The fourth-order valence-electron chi connectivity index (χ4n) is 1.91. The van der Waals surface area contributed by atoms with E-state index in [1.807, 2.05) is 38.1 Å². The van der Waals surface area contributed by atoms with Crippen LogP contribution in [0.15, 0.2) is 24.3 Å². The quantitative estimate of drug-likeness (QED) is 0.736. The fraction of sp³-hybridized carbons (Fsp3) is 0.467. The summed E-state index contributed by atoms with van der Waals surface area (Å²) in [5, 5.41) is 5.58. The Kier molecular flexibility index (Phi) is 6.18. The molecule has 0 spiro atoms. The second kappa shape index (κ2) is 7.65. The molecule has 5 heteroatoms. The van der Waals surface area contributed by atoms with E-state index in [4.69, 9.17) is 5.73 Å². The number of amides is 2. The van der Waals surface area contributed by atoms with Crippen LogP contribution in [0.2, 0.25) is 0 Å². The Morgan fingerprint density at radius 2 is 1.80 bits per heavy atom. The Hall–Kier alpha value is -1.88. The van der Waals surface area contributed by atoms with E-state index in [9.17, 15) is 9.59 Å². The number of hydrogen-bond donors (Lipinski definition) is 3. The van der Waals surface area contributed by atoms with Gasteiger partial charge in [0.1, 0.15) is 0 Å². The average molecular weight is 277 g/mol. The van der Waals surface area contributed by atoms with E-state index in [-0.39, 0.29) is 23.7 Å². The molecule has 1 unspecified atom stereocenters. The van der Waals surface area contributed by atoms with Gasteiger partial charge in [-0.3, -0.25) is 9.59 Å². The Morgan fingerprint density at radius 1 is 1.20 bits per heavy atom. The van der Waals surface area contributed by atoms with Crippen LogP contribution < -0.4 is 16.4 Å². The van der Waals surface area contributed by atoms with E-state index in [0.29, 0.717) is 13.1 Å². The molecule has 1 atom stereocenters. The maximum absolute atomic E-state index is 12.0. The Bertz CT molecular complexity index is 455. The van der Waals surface area contributed by atoms with Crippen molar-refractivity contribution in [1.82, 2.24) is 5.32 Å². The van der Waals surface area contributed by atoms with Gasteiger partial charge in [-0.1, -0.05) is 26.0 Å². The van der Waals surface area contributed by atoms with Gasteiger partial charge in [0, 0.05) is 25.7 Å². The lowest BCUT2D eigenvalue weighted by molar-refractivity contribution is -0.126. The van der Waals surface area contributed by atoms with Crippen molar-refractivity contribution in [2.45, 2.75) is 27.3 Å². The van der Waals surface area contributed by atoms with Crippen molar-refractivity contribution in [3.8, 4) is 0 Å². The van der Waals surface area contributed by atoms with Crippen molar-refractivity contribution >= 4 is 17.5 Å². The molecule has 4 N–H and O–H groups in total. The summed E-state index contributed by atoms with van der Waals surface area (Å²) in [5.41, 5.74) is 7.33. The highest BCUT2D eigenvalue weighted by atomic mass is 16.2. The van der Waals surface area contributed by atoms with Gasteiger partial charge in [-0.15, -0.1) is 0 Å². The molecule has 0 saturated heterocycles. The van der Waals surface area contributed by atoms with E-state index in [1.165, 1.54) is 6.92 Å². The minimum absolute atomic E-state index is 0.0200. The zero-order valence-electron chi connectivity index (χ0n) is 12.3. The van der Waals surface area contributed by atoms with Crippen LogP contribution in [-0.2, 0) is 16.1 Å². The third-order valence-corrected chi connectivity index (χ3v) is 3.14. The minimum atomic E-state index is -0.159. The number of rotatable bonds is 6. The molecular weight excluding hydrogens is 254 g/mol. The van der Waals surface area contributed by atoms with Crippen LogP contribution in [-0.4, -0.2) is 18.4 Å². The van der Waals surface area contributed by atoms with Gasteiger partial charge in [0.05, 0.1) is 5.92 Å². The van der Waals surface area contributed by atoms with Crippen molar-refractivity contribution in [3.63, 3.8) is 0 Å². The van der Waals surface area contributed by atoms with Crippen LogP contribution in [0.4, 0.5) is 5.69 Å². The lowest BCUT2D eigenvalue weighted by Gasteiger charge is -2.18. The monoisotopic (exact) mass is 277 g/mol. The highest BCUT2D eigenvalue weighted by Crippen LogP contribution is 2.11. The first-order valence-electron chi connectivity index (χ1n) is 6.78. The smallest absolute Gasteiger partial charge is 0.224 e. The first-order chi connectivity index (χ1) is 9.43. The molecule has 0 fully saturated rings. The second-order valence-electron chi connectivity index (χ2n) is 5.18. The van der Waals surface area contributed by atoms with Gasteiger partial charge < -0.3 is 16.4 Å². The molecule has 0 radical (unpaired) electrons. The molecular formula is C15H23N3O2.